The van der Waals surface area contributed by atoms with Crippen molar-refractivity contribution in [1.82, 2.24) is 0 Å². The first kappa shape index (κ1) is 13.8. The number of hydrogen-bond acceptors (Lipinski definition) is 2. The van der Waals surface area contributed by atoms with Gasteiger partial charge in [-0.05, 0) is 24.3 Å². The average Bonchev–Trinajstić information content (AvgIpc) is 2.48. The Hall–Kier alpha value is -2.22. The monoisotopic (exact) mass is 242 g/mol. The summed E-state index contributed by atoms with van der Waals surface area (Å²) in [6, 6.07) is 19.4. The van der Waals surface area contributed by atoms with Crippen LogP contribution in [0.5, 0.6) is 11.5 Å². The Morgan fingerprint density at radius 1 is 0.889 bits per heavy atom. The number of methoxy groups -OCH3 is 1. The number of hydrogen-bond donors (Lipinski definition) is 0. The molecule has 0 unspecified atom stereocenters. The molecule has 0 aliphatic rings. The molecule has 0 aromatic heterocycles. The summed E-state index contributed by atoms with van der Waals surface area (Å²) in [6.45, 7) is 4.12. The first-order valence-electron chi connectivity index (χ1n) is 5.74. The van der Waals surface area contributed by atoms with E-state index in [1.165, 1.54) is 0 Å². The third-order valence-electron chi connectivity index (χ3n) is 2.09. The zero-order valence-electron chi connectivity index (χ0n) is 10.6. The number of benzene rings is 2. The van der Waals surface area contributed by atoms with Crippen molar-refractivity contribution in [3.63, 3.8) is 0 Å². The van der Waals surface area contributed by atoms with Crippen molar-refractivity contribution in [2.24, 2.45) is 0 Å². The Labute approximate surface area is 108 Å². The molecule has 2 aromatic carbocycles. The van der Waals surface area contributed by atoms with Crippen LogP contribution in [0.15, 0.2) is 73.3 Å². The maximum atomic E-state index is 5.24. The van der Waals surface area contributed by atoms with Gasteiger partial charge < -0.3 is 9.47 Å². The van der Waals surface area contributed by atoms with Crippen molar-refractivity contribution >= 4 is 0 Å². The van der Waals surface area contributed by atoms with Gasteiger partial charge in [0.25, 0.3) is 0 Å². The van der Waals surface area contributed by atoms with Gasteiger partial charge in [0.15, 0.2) is 0 Å². The van der Waals surface area contributed by atoms with Crippen LogP contribution in [0, 0.1) is 0 Å². The molecule has 2 heteroatoms. The molecule has 0 spiro atoms. The normalized spacial score (nSPS) is 8.72. The smallest absolute Gasteiger partial charge is 0.119 e. The molecule has 0 atom stereocenters. The van der Waals surface area contributed by atoms with Crippen LogP contribution >= 0.6 is 0 Å². The SMILES string of the molecule is C=CCOc1ccccc1.COc1ccccc1. The molecule has 0 saturated carbocycles. The first-order chi connectivity index (χ1) is 8.86. The Morgan fingerprint density at radius 3 is 1.78 bits per heavy atom. The Bertz CT molecular complexity index is 423. The quantitative estimate of drug-likeness (QED) is 0.756. The highest BCUT2D eigenvalue weighted by Gasteiger charge is 1.85. The molecule has 0 radical (unpaired) electrons. The molecule has 0 heterocycles. The molecule has 0 aliphatic carbocycles. The topological polar surface area (TPSA) is 18.5 Å². The highest BCUT2D eigenvalue weighted by Crippen LogP contribution is 2.07. The molecule has 0 saturated heterocycles. The van der Waals surface area contributed by atoms with Crippen LogP contribution in [-0.4, -0.2) is 13.7 Å². The van der Waals surface area contributed by atoms with E-state index in [2.05, 4.69) is 6.58 Å². The lowest BCUT2D eigenvalue weighted by Crippen LogP contribution is -1.91. The van der Waals surface area contributed by atoms with Crippen LogP contribution in [-0.2, 0) is 0 Å². The van der Waals surface area contributed by atoms with Crippen LogP contribution < -0.4 is 9.47 Å². The molecule has 2 rings (SSSR count). The molecule has 0 bridgehead atoms. The lowest BCUT2D eigenvalue weighted by Gasteiger charge is -1.99. The third-order valence-corrected chi connectivity index (χ3v) is 2.09. The fourth-order valence-corrected chi connectivity index (χ4v) is 1.23. The Balaban J connectivity index is 0.000000184. The van der Waals surface area contributed by atoms with Crippen LogP contribution in [0.1, 0.15) is 0 Å². The predicted molar refractivity (Wildman–Crippen MR) is 75.1 cm³/mol. The predicted octanol–water partition coefficient (Wildman–Crippen LogP) is 3.95. The van der Waals surface area contributed by atoms with Gasteiger partial charge in [0.05, 0.1) is 7.11 Å². The van der Waals surface area contributed by atoms with Crippen molar-refractivity contribution in [3.05, 3.63) is 73.3 Å². The number of ether oxygens (including phenoxy) is 2. The number of para-hydroxylation sites is 2. The fraction of sp³-hybridized carbons (Fsp3) is 0.125. The van der Waals surface area contributed by atoms with Gasteiger partial charge in [-0.1, -0.05) is 49.1 Å². The van der Waals surface area contributed by atoms with Gasteiger partial charge in [0.1, 0.15) is 18.1 Å². The second kappa shape index (κ2) is 8.88. The van der Waals surface area contributed by atoms with E-state index in [0.29, 0.717) is 6.61 Å². The minimum atomic E-state index is 0.573. The van der Waals surface area contributed by atoms with Gasteiger partial charge in [-0.15, -0.1) is 0 Å². The summed E-state index contributed by atoms with van der Waals surface area (Å²) >= 11 is 0. The summed E-state index contributed by atoms with van der Waals surface area (Å²) in [4.78, 5) is 0. The average molecular weight is 242 g/mol. The van der Waals surface area contributed by atoms with Crippen molar-refractivity contribution in [2.45, 2.75) is 0 Å². The van der Waals surface area contributed by atoms with E-state index < -0.39 is 0 Å². The Morgan fingerprint density at radius 2 is 1.39 bits per heavy atom. The van der Waals surface area contributed by atoms with E-state index in [4.69, 9.17) is 9.47 Å². The van der Waals surface area contributed by atoms with Crippen LogP contribution in [0.3, 0.4) is 0 Å². The summed E-state index contributed by atoms with van der Waals surface area (Å²) < 4.78 is 10.2. The molecular weight excluding hydrogens is 224 g/mol. The minimum absolute atomic E-state index is 0.573. The van der Waals surface area contributed by atoms with Gasteiger partial charge in [-0.25, -0.2) is 0 Å². The summed E-state index contributed by atoms with van der Waals surface area (Å²) in [5, 5.41) is 0. The molecule has 0 amide bonds. The molecule has 94 valence electrons. The highest BCUT2D eigenvalue weighted by atomic mass is 16.5. The maximum Gasteiger partial charge on any atom is 0.119 e. The summed E-state index contributed by atoms with van der Waals surface area (Å²) in [6.07, 6.45) is 1.73. The van der Waals surface area contributed by atoms with E-state index in [1.54, 1.807) is 13.2 Å². The minimum Gasteiger partial charge on any atom is -0.497 e. The van der Waals surface area contributed by atoms with Crippen LogP contribution in [0.4, 0.5) is 0 Å². The zero-order valence-corrected chi connectivity index (χ0v) is 10.6. The molecule has 2 aromatic rings. The van der Waals surface area contributed by atoms with E-state index in [1.807, 2.05) is 60.7 Å². The standard InChI is InChI=1S/C9H10O.C7H8O/c1-2-8-10-9-6-4-3-5-7-9;1-8-7-5-3-2-4-6-7/h2-7H,1,8H2;2-6H,1H3. The first-order valence-corrected chi connectivity index (χ1v) is 5.74. The van der Waals surface area contributed by atoms with Crippen LogP contribution in [0.25, 0.3) is 0 Å². The summed E-state index contributed by atoms with van der Waals surface area (Å²) in [5.74, 6) is 1.80. The summed E-state index contributed by atoms with van der Waals surface area (Å²) in [5.41, 5.74) is 0. The third kappa shape index (κ3) is 5.75. The summed E-state index contributed by atoms with van der Waals surface area (Å²) in [7, 11) is 1.66. The van der Waals surface area contributed by atoms with Crippen molar-refractivity contribution in [2.75, 3.05) is 13.7 Å². The molecule has 0 aliphatic heterocycles. The molecule has 0 fully saturated rings. The van der Waals surface area contributed by atoms with Gasteiger partial charge in [-0.2, -0.15) is 0 Å². The molecular formula is C16H18O2. The second-order valence-corrected chi connectivity index (χ2v) is 3.43. The Kier molecular flexibility index (Phi) is 6.83. The zero-order chi connectivity index (χ0) is 13.1. The molecule has 18 heavy (non-hydrogen) atoms. The van der Waals surface area contributed by atoms with Crippen LogP contribution in [0.2, 0.25) is 0 Å². The fourth-order valence-electron chi connectivity index (χ4n) is 1.23. The van der Waals surface area contributed by atoms with E-state index in [0.717, 1.165) is 11.5 Å². The lowest BCUT2D eigenvalue weighted by molar-refractivity contribution is 0.363. The van der Waals surface area contributed by atoms with Gasteiger partial charge in [-0.3, -0.25) is 0 Å². The van der Waals surface area contributed by atoms with Crippen molar-refractivity contribution < 1.29 is 9.47 Å². The number of rotatable bonds is 4. The van der Waals surface area contributed by atoms with Crippen molar-refractivity contribution in [1.29, 1.82) is 0 Å². The van der Waals surface area contributed by atoms with Crippen molar-refractivity contribution in [3.8, 4) is 11.5 Å². The van der Waals surface area contributed by atoms with Gasteiger partial charge in [0, 0.05) is 0 Å². The van der Waals surface area contributed by atoms with Gasteiger partial charge in [0.2, 0.25) is 0 Å². The van der Waals surface area contributed by atoms with E-state index in [9.17, 15) is 0 Å². The van der Waals surface area contributed by atoms with E-state index in [-0.39, 0.29) is 0 Å². The van der Waals surface area contributed by atoms with E-state index >= 15 is 0 Å². The van der Waals surface area contributed by atoms with Gasteiger partial charge >= 0.3 is 0 Å². The lowest BCUT2D eigenvalue weighted by atomic mass is 10.3. The molecule has 2 nitrogen and oxygen atoms in total. The second-order valence-electron chi connectivity index (χ2n) is 3.43. The largest absolute Gasteiger partial charge is 0.497 e. The highest BCUT2D eigenvalue weighted by molar-refractivity contribution is 5.21. The maximum absolute atomic E-state index is 5.24. The molecule has 0 N–H and O–H groups in total.